The predicted octanol–water partition coefficient (Wildman–Crippen LogP) is 3.22. The molecule has 19 heavy (non-hydrogen) atoms. The molecule has 0 unspecified atom stereocenters. The van der Waals surface area contributed by atoms with Gasteiger partial charge in [0.2, 0.25) is 0 Å². The van der Waals surface area contributed by atoms with Crippen molar-refractivity contribution in [2.45, 2.75) is 56.1 Å². The Kier molecular flexibility index (Phi) is 3.18. The second-order valence-corrected chi connectivity index (χ2v) is 7.51. The first-order chi connectivity index (χ1) is 8.99. The van der Waals surface area contributed by atoms with Crippen molar-refractivity contribution < 1.29 is 13.0 Å². The van der Waals surface area contributed by atoms with Crippen molar-refractivity contribution in [3.05, 3.63) is 34.9 Å². The number of fused-ring (bicyclic) bond motifs is 2. The summed E-state index contributed by atoms with van der Waals surface area (Å²) in [5.41, 5.74) is 3.74. The zero-order chi connectivity index (χ0) is 13.5. The zero-order valence-corrected chi connectivity index (χ0v) is 11.9. The van der Waals surface area contributed by atoms with Crippen molar-refractivity contribution in [3.8, 4) is 0 Å². The maximum absolute atomic E-state index is 11.0. The minimum absolute atomic E-state index is 0.268. The van der Waals surface area contributed by atoms with Crippen molar-refractivity contribution in [2.24, 2.45) is 0 Å². The number of benzene rings is 1. The van der Waals surface area contributed by atoms with Gasteiger partial charge < -0.3 is 0 Å². The van der Waals surface area contributed by atoms with Crippen LogP contribution in [-0.4, -0.2) is 13.0 Å². The van der Waals surface area contributed by atoms with Gasteiger partial charge in [0.1, 0.15) is 5.75 Å². The first-order valence-corrected chi connectivity index (χ1v) is 8.67. The van der Waals surface area contributed by atoms with Gasteiger partial charge in [0, 0.05) is 0 Å². The monoisotopic (exact) mass is 280 g/mol. The van der Waals surface area contributed by atoms with Gasteiger partial charge in [-0.25, -0.2) is 0 Å². The van der Waals surface area contributed by atoms with Crippen LogP contribution in [0.15, 0.2) is 18.2 Å². The lowest BCUT2D eigenvalue weighted by Crippen LogP contribution is -2.26. The smallest absolute Gasteiger partial charge is 0.269 e. The molecule has 1 fully saturated rings. The van der Waals surface area contributed by atoms with E-state index in [0.717, 1.165) is 6.42 Å². The number of hydrogen-bond acceptors (Lipinski definition) is 2. The van der Waals surface area contributed by atoms with Gasteiger partial charge in [-0.3, -0.25) is 4.55 Å². The van der Waals surface area contributed by atoms with Crippen LogP contribution in [0.4, 0.5) is 0 Å². The van der Waals surface area contributed by atoms with Gasteiger partial charge in [-0.2, -0.15) is 8.42 Å². The molecule has 3 rings (SSSR count). The van der Waals surface area contributed by atoms with E-state index in [4.69, 9.17) is 4.55 Å². The Balaban J connectivity index is 1.97. The van der Waals surface area contributed by atoms with E-state index in [1.54, 1.807) is 0 Å². The second-order valence-electron chi connectivity index (χ2n) is 6.06. The molecule has 0 aliphatic heterocycles. The molecular formula is C15H20O3S. The molecule has 3 nitrogen and oxygen atoms in total. The molecule has 2 aliphatic carbocycles. The molecule has 0 radical (unpaired) electrons. The van der Waals surface area contributed by atoms with Crippen molar-refractivity contribution in [3.63, 3.8) is 0 Å². The lowest BCUT2D eigenvalue weighted by Gasteiger charge is -2.34. The second kappa shape index (κ2) is 4.60. The number of aryl methyl sites for hydroxylation is 1. The van der Waals surface area contributed by atoms with Gasteiger partial charge in [-0.1, -0.05) is 37.5 Å². The first-order valence-electron chi connectivity index (χ1n) is 7.06. The Morgan fingerprint density at radius 2 is 1.84 bits per heavy atom. The van der Waals surface area contributed by atoms with E-state index in [9.17, 15) is 8.42 Å². The zero-order valence-electron chi connectivity index (χ0n) is 11.1. The quantitative estimate of drug-likeness (QED) is 0.846. The molecule has 0 saturated heterocycles. The molecule has 0 atom stereocenters. The third-order valence-corrected chi connectivity index (χ3v) is 5.48. The van der Waals surface area contributed by atoms with Gasteiger partial charge >= 0.3 is 0 Å². The molecule has 4 heteroatoms. The maximum atomic E-state index is 11.0. The Labute approximate surface area is 114 Å². The Bertz CT molecular complexity index is 578. The van der Waals surface area contributed by atoms with Gasteiger partial charge in [0.15, 0.2) is 0 Å². The van der Waals surface area contributed by atoms with Crippen molar-refractivity contribution in [1.29, 1.82) is 0 Å². The normalized spacial score (nSPS) is 21.5. The molecule has 0 bridgehead atoms. The van der Waals surface area contributed by atoms with Crippen molar-refractivity contribution >= 4 is 10.1 Å². The summed E-state index contributed by atoms with van der Waals surface area (Å²) in [6, 6.07) is 5.93. The van der Waals surface area contributed by atoms with Crippen LogP contribution in [-0.2, 0) is 27.7 Å². The van der Waals surface area contributed by atoms with E-state index in [0.29, 0.717) is 11.0 Å². The fourth-order valence-corrected chi connectivity index (χ4v) is 4.49. The van der Waals surface area contributed by atoms with E-state index in [-0.39, 0.29) is 5.75 Å². The van der Waals surface area contributed by atoms with Crippen LogP contribution in [0, 0.1) is 0 Å². The van der Waals surface area contributed by atoms with Crippen LogP contribution in [0.1, 0.15) is 55.2 Å². The van der Waals surface area contributed by atoms with Gasteiger partial charge in [0.05, 0.1) is 0 Å². The van der Waals surface area contributed by atoms with Crippen LogP contribution >= 0.6 is 0 Å². The van der Waals surface area contributed by atoms with Gasteiger partial charge in [-0.05, 0) is 47.8 Å². The lowest BCUT2D eigenvalue weighted by atomic mass is 9.70. The third kappa shape index (κ3) is 2.56. The minimum atomic E-state index is -3.94. The predicted molar refractivity (Wildman–Crippen MR) is 74.8 cm³/mol. The number of rotatable bonds is 2. The van der Waals surface area contributed by atoms with Crippen LogP contribution < -0.4 is 0 Å². The molecule has 1 aromatic carbocycles. The largest absolute Gasteiger partial charge is 0.285 e. The van der Waals surface area contributed by atoms with E-state index >= 15 is 0 Å². The standard InChI is InChI=1S/C15H20O3S/c16-19(17,18)11-12-4-5-13-6-9-15(14(13)10-12)7-2-1-3-8-15/h4-5,10H,1-3,6-9,11H2,(H,16,17,18). The van der Waals surface area contributed by atoms with Crippen LogP contribution in [0.3, 0.4) is 0 Å². The highest BCUT2D eigenvalue weighted by Crippen LogP contribution is 2.48. The average Bonchev–Trinajstić information content (AvgIpc) is 2.67. The molecule has 0 heterocycles. The Morgan fingerprint density at radius 1 is 1.11 bits per heavy atom. The summed E-state index contributed by atoms with van der Waals surface area (Å²) in [5, 5.41) is 0. The molecule has 0 amide bonds. The summed E-state index contributed by atoms with van der Waals surface area (Å²) in [6.07, 6.45) is 8.66. The summed E-state index contributed by atoms with van der Waals surface area (Å²) in [5.74, 6) is -0.268. The molecule has 2 aliphatic rings. The number of hydrogen-bond donors (Lipinski definition) is 1. The topological polar surface area (TPSA) is 54.4 Å². The fourth-order valence-electron chi connectivity index (χ4n) is 3.89. The minimum Gasteiger partial charge on any atom is -0.285 e. The molecule has 0 aromatic heterocycles. The summed E-state index contributed by atoms with van der Waals surface area (Å²) < 4.78 is 31.0. The van der Waals surface area contributed by atoms with E-state index in [1.165, 1.54) is 49.7 Å². The van der Waals surface area contributed by atoms with E-state index in [2.05, 4.69) is 6.07 Å². The maximum Gasteiger partial charge on any atom is 0.269 e. The van der Waals surface area contributed by atoms with E-state index < -0.39 is 10.1 Å². The van der Waals surface area contributed by atoms with Crippen LogP contribution in [0.2, 0.25) is 0 Å². The lowest BCUT2D eigenvalue weighted by molar-refractivity contribution is 0.292. The van der Waals surface area contributed by atoms with Crippen molar-refractivity contribution in [1.82, 2.24) is 0 Å². The summed E-state index contributed by atoms with van der Waals surface area (Å²) in [7, 11) is -3.94. The molecule has 1 spiro atoms. The van der Waals surface area contributed by atoms with Crippen LogP contribution in [0.5, 0.6) is 0 Å². The molecule has 104 valence electrons. The first kappa shape index (κ1) is 13.1. The Hall–Kier alpha value is -0.870. The molecule has 1 saturated carbocycles. The highest BCUT2D eigenvalue weighted by Gasteiger charge is 2.39. The highest BCUT2D eigenvalue weighted by molar-refractivity contribution is 7.85. The summed E-state index contributed by atoms with van der Waals surface area (Å²) >= 11 is 0. The molecular weight excluding hydrogens is 260 g/mol. The van der Waals surface area contributed by atoms with Crippen LogP contribution in [0.25, 0.3) is 0 Å². The third-order valence-electron chi connectivity index (χ3n) is 4.78. The van der Waals surface area contributed by atoms with E-state index in [1.807, 2.05) is 12.1 Å². The van der Waals surface area contributed by atoms with Gasteiger partial charge in [-0.15, -0.1) is 0 Å². The SMILES string of the molecule is O=S(=O)(O)Cc1ccc2c(c1)C1(CCCCC1)CC2. The van der Waals surface area contributed by atoms with Gasteiger partial charge in [0.25, 0.3) is 10.1 Å². The summed E-state index contributed by atoms with van der Waals surface area (Å²) in [6.45, 7) is 0. The fraction of sp³-hybridized carbons (Fsp3) is 0.600. The van der Waals surface area contributed by atoms with Crippen molar-refractivity contribution in [2.75, 3.05) is 0 Å². The molecule has 1 aromatic rings. The molecule has 1 N–H and O–H groups in total. The average molecular weight is 280 g/mol. The summed E-state index contributed by atoms with van der Waals surface area (Å²) in [4.78, 5) is 0. The Morgan fingerprint density at radius 3 is 2.53 bits per heavy atom. The highest BCUT2D eigenvalue weighted by atomic mass is 32.2.